The monoisotopic (exact) mass is 391 g/mol. The molecule has 0 heterocycles. The van der Waals surface area contributed by atoms with Crippen molar-refractivity contribution in [1.29, 1.82) is 0 Å². The van der Waals surface area contributed by atoms with Gasteiger partial charge in [-0.05, 0) is 30.7 Å². The molecule has 1 unspecified atom stereocenters. The summed E-state index contributed by atoms with van der Waals surface area (Å²) in [7, 11) is 3.36. The summed E-state index contributed by atoms with van der Waals surface area (Å²) < 4.78 is 5.69. The van der Waals surface area contributed by atoms with Gasteiger partial charge >= 0.3 is 0 Å². The molecule has 6 nitrogen and oxygen atoms in total. The number of nitrogens with one attached hydrogen (secondary N) is 1. The molecule has 146 valence electrons. The van der Waals surface area contributed by atoms with Gasteiger partial charge in [-0.25, -0.2) is 0 Å². The zero-order valence-corrected chi connectivity index (χ0v) is 16.6. The number of hydrogen-bond donors (Lipinski definition) is 2. The van der Waals surface area contributed by atoms with E-state index in [1.165, 1.54) is 4.90 Å². The molecular formula is C20H26ClN3O3. The highest BCUT2D eigenvalue weighted by molar-refractivity contribution is 5.95. The van der Waals surface area contributed by atoms with Gasteiger partial charge in [0.2, 0.25) is 0 Å². The van der Waals surface area contributed by atoms with E-state index in [0.717, 1.165) is 5.56 Å². The van der Waals surface area contributed by atoms with Crippen LogP contribution in [0.25, 0.3) is 0 Å². The summed E-state index contributed by atoms with van der Waals surface area (Å²) in [5, 5.41) is 3.01. The third-order valence-electron chi connectivity index (χ3n) is 4.01. The molecule has 0 spiro atoms. The topological polar surface area (TPSA) is 84.7 Å². The van der Waals surface area contributed by atoms with Crippen LogP contribution in [0, 0.1) is 0 Å². The third-order valence-corrected chi connectivity index (χ3v) is 4.01. The fourth-order valence-electron chi connectivity index (χ4n) is 2.49. The van der Waals surface area contributed by atoms with Gasteiger partial charge in [0.1, 0.15) is 5.75 Å². The maximum absolute atomic E-state index is 12.5. The molecule has 2 aromatic carbocycles. The zero-order valence-electron chi connectivity index (χ0n) is 15.8. The van der Waals surface area contributed by atoms with Crippen LogP contribution in [-0.4, -0.2) is 37.4 Å². The van der Waals surface area contributed by atoms with Crippen molar-refractivity contribution in [2.45, 2.75) is 19.4 Å². The number of nitrogen functional groups attached to an aromatic ring is 1. The number of hydrogen-bond acceptors (Lipinski definition) is 4. The van der Waals surface area contributed by atoms with Crippen LogP contribution < -0.4 is 15.8 Å². The summed E-state index contributed by atoms with van der Waals surface area (Å²) in [5.41, 5.74) is 7.63. The first-order valence-electron chi connectivity index (χ1n) is 8.50. The second-order valence-corrected chi connectivity index (χ2v) is 6.17. The Labute approximate surface area is 166 Å². The first kappa shape index (κ1) is 22.3. The number of nitrogens with zero attached hydrogens (tertiary/aromatic N) is 1. The standard InChI is InChI=1S/C20H25N3O3.ClH/c1-4-17(22-20(25)14-8-7-9-15(21)12-14)16-10-5-6-11-18(16)26-13-19(24)23(2)3;/h5-12,17H,4,13,21H2,1-3H3,(H,22,25);1H. The maximum Gasteiger partial charge on any atom is 0.259 e. The Bertz CT molecular complexity index is 781. The number of benzene rings is 2. The van der Waals surface area contributed by atoms with Crippen LogP contribution in [0.2, 0.25) is 0 Å². The smallest absolute Gasteiger partial charge is 0.259 e. The molecule has 0 aromatic heterocycles. The number of carbonyl (C=O) groups excluding carboxylic acids is 2. The quantitative estimate of drug-likeness (QED) is 0.710. The van der Waals surface area contributed by atoms with Crippen LogP contribution in [0.15, 0.2) is 48.5 Å². The molecule has 0 saturated carbocycles. The number of ether oxygens (including phenoxy) is 1. The van der Waals surface area contributed by atoms with E-state index in [1.54, 1.807) is 44.4 Å². The lowest BCUT2D eigenvalue weighted by Crippen LogP contribution is -2.30. The molecular weight excluding hydrogens is 366 g/mol. The minimum atomic E-state index is -0.241. The Kier molecular flexibility index (Phi) is 8.62. The molecule has 3 N–H and O–H groups in total. The molecule has 7 heteroatoms. The average molecular weight is 392 g/mol. The van der Waals surface area contributed by atoms with Gasteiger partial charge in [0.25, 0.3) is 11.8 Å². The summed E-state index contributed by atoms with van der Waals surface area (Å²) >= 11 is 0. The molecule has 27 heavy (non-hydrogen) atoms. The van der Waals surface area contributed by atoms with Crippen molar-refractivity contribution < 1.29 is 14.3 Å². The summed E-state index contributed by atoms with van der Waals surface area (Å²) in [4.78, 5) is 25.8. The van der Waals surface area contributed by atoms with E-state index in [1.807, 2.05) is 25.1 Å². The van der Waals surface area contributed by atoms with Crippen molar-refractivity contribution in [1.82, 2.24) is 10.2 Å². The SMILES string of the molecule is CCC(NC(=O)c1cccc(N)c1)c1ccccc1OCC(=O)N(C)C.Cl. The first-order chi connectivity index (χ1) is 12.4. The fourth-order valence-corrected chi connectivity index (χ4v) is 2.49. The number of amides is 2. The number of anilines is 1. The van der Waals surface area contributed by atoms with Gasteiger partial charge < -0.3 is 20.7 Å². The first-order valence-corrected chi connectivity index (χ1v) is 8.50. The zero-order chi connectivity index (χ0) is 19.1. The van der Waals surface area contributed by atoms with Gasteiger partial charge in [-0.3, -0.25) is 9.59 Å². The molecule has 0 aliphatic carbocycles. The molecule has 0 aliphatic heterocycles. The number of rotatable bonds is 7. The molecule has 0 fully saturated rings. The van der Waals surface area contributed by atoms with Crippen LogP contribution in [0.1, 0.15) is 35.3 Å². The fraction of sp³-hybridized carbons (Fsp3) is 0.300. The van der Waals surface area contributed by atoms with E-state index < -0.39 is 0 Å². The predicted octanol–water partition coefficient (Wildman–Crippen LogP) is 3.04. The lowest BCUT2D eigenvalue weighted by atomic mass is 10.0. The number of para-hydroxylation sites is 1. The number of nitrogens with two attached hydrogens (primary N) is 1. The largest absolute Gasteiger partial charge is 0.483 e. The maximum atomic E-state index is 12.5. The van der Waals surface area contributed by atoms with Crippen LogP contribution in [0.5, 0.6) is 5.75 Å². The summed E-state index contributed by atoms with van der Waals surface area (Å²) in [5.74, 6) is 0.252. The molecule has 0 bridgehead atoms. The molecule has 0 saturated heterocycles. The Morgan fingerprint density at radius 2 is 1.85 bits per heavy atom. The second kappa shape index (κ2) is 10.4. The highest BCUT2D eigenvalue weighted by Gasteiger charge is 2.18. The second-order valence-electron chi connectivity index (χ2n) is 6.17. The van der Waals surface area contributed by atoms with E-state index in [2.05, 4.69) is 5.32 Å². The van der Waals surface area contributed by atoms with Gasteiger partial charge in [0.05, 0.1) is 6.04 Å². The van der Waals surface area contributed by atoms with Crippen LogP contribution in [0.3, 0.4) is 0 Å². The summed E-state index contributed by atoms with van der Waals surface area (Å²) in [6.45, 7) is 1.93. The van der Waals surface area contributed by atoms with Gasteiger partial charge in [0.15, 0.2) is 6.61 Å². The van der Waals surface area contributed by atoms with Crippen LogP contribution in [-0.2, 0) is 4.79 Å². The van der Waals surface area contributed by atoms with Crippen molar-refractivity contribution in [2.24, 2.45) is 0 Å². The Morgan fingerprint density at radius 1 is 1.15 bits per heavy atom. The van der Waals surface area contributed by atoms with Gasteiger partial charge in [-0.1, -0.05) is 31.2 Å². The molecule has 0 aliphatic rings. The lowest BCUT2D eigenvalue weighted by Gasteiger charge is -2.21. The van der Waals surface area contributed by atoms with Crippen molar-refractivity contribution in [2.75, 3.05) is 26.4 Å². The van der Waals surface area contributed by atoms with Crippen LogP contribution >= 0.6 is 12.4 Å². The van der Waals surface area contributed by atoms with Crippen molar-refractivity contribution >= 4 is 29.9 Å². The predicted molar refractivity (Wildman–Crippen MR) is 109 cm³/mol. The molecule has 0 radical (unpaired) electrons. The minimum Gasteiger partial charge on any atom is -0.483 e. The summed E-state index contributed by atoms with van der Waals surface area (Å²) in [6.07, 6.45) is 0.677. The molecule has 2 aromatic rings. The van der Waals surface area contributed by atoms with Crippen molar-refractivity contribution in [3.8, 4) is 5.75 Å². The Balaban J connectivity index is 0.00000364. The Morgan fingerprint density at radius 3 is 2.48 bits per heavy atom. The third kappa shape index (κ3) is 6.18. The average Bonchev–Trinajstić information content (AvgIpc) is 2.64. The van der Waals surface area contributed by atoms with Gasteiger partial charge in [-0.15, -0.1) is 12.4 Å². The van der Waals surface area contributed by atoms with E-state index in [9.17, 15) is 9.59 Å². The number of carbonyl (C=O) groups is 2. The highest BCUT2D eigenvalue weighted by Crippen LogP contribution is 2.27. The normalized spacial score (nSPS) is 11.1. The van der Waals surface area contributed by atoms with E-state index in [0.29, 0.717) is 23.4 Å². The van der Waals surface area contributed by atoms with E-state index >= 15 is 0 Å². The highest BCUT2D eigenvalue weighted by atomic mass is 35.5. The molecule has 2 amide bonds. The molecule has 2 rings (SSSR count). The van der Waals surface area contributed by atoms with Gasteiger partial charge in [-0.2, -0.15) is 0 Å². The minimum absolute atomic E-state index is 0. The molecule has 1 atom stereocenters. The Hall–Kier alpha value is -2.73. The van der Waals surface area contributed by atoms with Gasteiger partial charge in [0, 0.05) is 30.9 Å². The number of likely N-dealkylation sites (N-methyl/N-ethyl adjacent to an activating group) is 1. The van der Waals surface area contributed by atoms with Crippen molar-refractivity contribution in [3.63, 3.8) is 0 Å². The lowest BCUT2D eigenvalue weighted by molar-refractivity contribution is -0.130. The van der Waals surface area contributed by atoms with Crippen molar-refractivity contribution in [3.05, 3.63) is 59.7 Å². The summed E-state index contributed by atoms with van der Waals surface area (Å²) in [6, 6.07) is 14.0. The van der Waals surface area contributed by atoms with E-state index in [-0.39, 0.29) is 36.9 Å². The van der Waals surface area contributed by atoms with Crippen LogP contribution in [0.4, 0.5) is 5.69 Å². The number of halogens is 1. The van der Waals surface area contributed by atoms with E-state index in [4.69, 9.17) is 10.5 Å².